The zero-order valence-corrected chi connectivity index (χ0v) is 19.7. The monoisotopic (exact) mass is 484 g/mol. The van der Waals surface area contributed by atoms with Crippen molar-refractivity contribution in [2.45, 2.75) is 19.0 Å². The predicted octanol–water partition coefficient (Wildman–Crippen LogP) is 5.11. The second-order valence-electron chi connectivity index (χ2n) is 8.07. The second-order valence-corrected chi connectivity index (χ2v) is 9.11. The SMILES string of the molecule is O=C(NCc1ccccc1)C(c1ccccc1)N(C(=O)Cc1cccs1)c1ccc2c(c1)OCO2. The van der Waals surface area contributed by atoms with Gasteiger partial charge in [0.15, 0.2) is 11.5 Å². The fourth-order valence-electron chi connectivity index (χ4n) is 4.05. The zero-order chi connectivity index (χ0) is 24.0. The third kappa shape index (κ3) is 5.20. The normalized spacial score (nSPS) is 12.7. The lowest BCUT2D eigenvalue weighted by Gasteiger charge is -2.31. The van der Waals surface area contributed by atoms with Crippen LogP contribution in [0.2, 0.25) is 0 Å². The number of rotatable bonds is 8. The van der Waals surface area contributed by atoms with Crippen LogP contribution in [-0.2, 0) is 22.6 Å². The van der Waals surface area contributed by atoms with Gasteiger partial charge in [-0.2, -0.15) is 0 Å². The molecule has 5 rings (SSSR count). The Balaban J connectivity index is 1.53. The maximum Gasteiger partial charge on any atom is 0.248 e. The molecule has 0 spiro atoms. The maximum atomic E-state index is 13.8. The Kier molecular flexibility index (Phi) is 6.77. The average molecular weight is 485 g/mol. The molecule has 3 aromatic carbocycles. The van der Waals surface area contributed by atoms with Crippen molar-refractivity contribution in [3.63, 3.8) is 0 Å². The van der Waals surface area contributed by atoms with E-state index in [0.29, 0.717) is 23.7 Å². The molecule has 1 aliphatic rings. The van der Waals surface area contributed by atoms with Crippen LogP contribution in [-0.4, -0.2) is 18.6 Å². The molecular formula is C28H24N2O4S. The first kappa shape index (κ1) is 22.7. The Bertz CT molecular complexity index is 1290. The minimum Gasteiger partial charge on any atom is -0.454 e. The first-order chi connectivity index (χ1) is 17.2. The van der Waals surface area contributed by atoms with E-state index < -0.39 is 6.04 Å². The van der Waals surface area contributed by atoms with Crippen LogP contribution in [0.3, 0.4) is 0 Å². The van der Waals surface area contributed by atoms with E-state index in [0.717, 1.165) is 16.0 Å². The summed E-state index contributed by atoms with van der Waals surface area (Å²) in [6.07, 6.45) is 0.182. The number of carbonyl (C=O) groups excluding carboxylic acids is 2. The van der Waals surface area contributed by atoms with Gasteiger partial charge >= 0.3 is 0 Å². The van der Waals surface area contributed by atoms with Crippen molar-refractivity contribution < 1.29 is 19.1 Å². The number of anilines is 1. The number of hydrogen-bond acceptors (Lipinski definition) is 5. The predicted molar refractivity (Wildman–Crippen MR) is 136 cm³/mol. The highest BCUT2D eigenvalue weighted by molar-refractivity contribution is 7.10. The second kappa shape index (κ2) is 10.4. The lowest BCUT2D eigenvalue weighted by atomic mass is 10.0. The summed E-state index contributed by atoms with van der Waals surface area (Å²) >= 11 is 1.51. The van der Waals surface area contributed by atoms with Crippen LogP contribution in [0.5, 0.6) is 11.5 Å². The van der Waals surface area contributed by atoms with Crippen molar-refractivity contribution >= 4 is 28.8 Å². The van der Waals surface area contributed by atoms with Crippen LogP contribution in [0.25, 0.3) is 0 Å². The smallest absolute Gasteiger partial charge is 0.248 e. The summed E-state index contributed by atoms with van der Waals surface area (Å²) in [5.41, 5.74) is 2.27. The van der Waals surface area contributed by atoms with Gasteiger partial charge in [0.25, 0.3) is 0 Å². The molecule has 1 aliphatic heterocycles. The fourth-order valence-corrected chi connectivity index (χ4v) is 4.75. The molecule has 0 aliphatic carbocycles. The summed E-state index contributed by atoms with van der Waals surface area (Å²) in [7, 11) is 0. The number of thiophene rings is 1. The van der Waals surface area contributed by atoms with Crippen molar-refractivity contribution in [3.05, 3.63) is 112 Å². The van der Waals surface area contributed by atoms with Crippen LogP contribution in [0.15, 0.2) is 96.4 Å². The van der Waals surface area contributed by atoms with Crippen molar-refractivity contribution in [2.75, 3.05) is 11.7 Å². The van der Waals surface area contributed by atoms with Gasteiger partial charge in [-0.15, -0.1) is 11.3 Å². The number of nitrogens with one attached hydrogen (secondary N) is 1. The molecule has 7 heteroatoms. The van der Waals surface area contributed by atoms with Crippen molar-refractivity contribution in [1.82, 2.24) is 5.32 Å². The summed E-state index contributed by atoms with van der Waals surface area (Å²) in [6, 6.07) is 27.4. The molecule has 2 amide bonds. The van der Waals surface area contributed by atoms with Crippen LogP contribution in [0, 0.1) is 0 Å². The van der Waals surface area contributed by atoms with Gasteiger partial charge in [-0.05, 0) is 34.7 Å². The van der Waals surface area contributed by atoms with Crippen LogP contribution in [0.1, 0.15) is 22.0 Å². The highest BCUT2D eigenvalue weighted by atomic mass is 32.1. The van der Waals surface area contributed by atoms with Crippen molar-refractivity contribution in [3.8, 4) is 11.5 Å². The van der Waals surface area contributed by atoms with E-state index in [4.69, 9.17) is 9.47 Å². The third-order valence-corrected chi connectivity index (χ3v) is 6.62. The molecular weight excluding hydrogens is 460 g/mol. The lowest BCUT2D eigenvalue weighted by molar-refractivity contribution is -0.126. The van der Waals surface area contributed by atoms with E-state index in [1.165, 1.54) is 11.3 Å². The van der Waals surface area contributed by atoms with Gasteiger partial charge in [0.2, 0.25) is 18.6 Å². The van der Waals surface area contributed by atoms with E-state index in [2.05, 4.69) is 5.32 Å². The largest absolute Gasteiger partial charge is 0.454 e. The number of fused-ring (bicyclic) bond motifs is 1. The van der Waals surface area contributed by atoms with E-state index in [1.807, 2.05) is 78.2 Å². The molecule has 176 valence electrons. The number of amides is 2. The van der Waals surface area contributed by atoms with Gasteiger partial charge in [-0.1, -0.05) is 66.7 Å². The molecule has 1 aromatic heterocycles. The molecule has 0 radical (unpaired) electrons. The zero-order valence-electron chi connectivity index (χ0n) is 18.9. The topological polar surface area (TPSA) is 67.9 Å². The molecule has 1 unspecified atom stereocenters. The third-order valence-electron chi connectivity index (χ3n) is 5.74. The number of hydrogen-bond donors (Lipinski definition) is 1. The van der Waals surface area contributed by atoms with Crippen LogP contribution in [0.4, 0.5) is 5.69 Å². The molecule has 0 saturated carbocycles. The quantitative estimate of drug-likeness (QED) is 0.377. The summed E-state index contributed by atoms with van der Waals surface area (Å²) in [6.45, 7) is 0.485. The fraction of sp³-hybridized carbons (Fsp3) is 0.143. The van der Waals surface area contributed by atoms with Gasteiger partial charge in [0.05, 0.1) is 6.42 Å². The van der Waals surface area contributed by atoms with Crippen molar-refractivity contribution in [2.24, 2.45) is 0 Å². The van der Waals surface area contributed by atoms with E-state index >= 15 is 0 Å². The van der Waals surface area contributed by atoms with Gasteiger partial charge in [-0.25, -0.2) is 0 Å². The van der Waals surface area contributed by atoms with Gasteiger partial charge in [0.1, 0.15) is 6.04 Å². The molecule has 35 heavy (non-hydrogen) atoms. The first-order valence-electron chi connectivity index (χ1n) is 11.3. The number of carbonyl (C=O) groups is 2. The van der Waals surface area contributed by atoms with E-state index in [9.17, 15) is 9.59 Å². The molecule has 1 atom stereocenters. The molecule has 0 saturated heterocycles. The molecule has 1 N–H and O–H groups in total. The number of benzene rings is 3. The standard InChI is InChI=1S/C28H24N2O4S/c31-26(17-23-12-7-15-35-23)30(22-13-14-24-25(16-22)34-19-33-24)27(21-10-5-2-6-11-21)28(32)29-18-20-8-3-1-4-9-20/h1-16,27H,17-19H2,(H,29,32). The molecule has 0 bridgehead atoms. The Hall–Kier alpha value is -4.10. The van der Waals surface area contributed by atoms with Gasteiger partial charge < -0.3 is 14.8 Å². The Morgan fingerprint density at radius 3 is 2.37 bits per heavy atom. The summed E-state index contributed by atoms with van der Waals surface area (Å²) in [5.74, 6) is 0.712. The average Bonchev–Trinajstić information content (AvgIpc) is 3.58. The molecule has 0 fully saturated rings. The minimum absolute atomic E-state index is 0.127. The van der Waals surface area contributed by atoms with Crippen LogP contribution < -0.4 is 19.7 Å². The first-order valence-corrected chi connectivity index (χ1v) is 12.2. The summed E-state index contributed by atoms with van der Waals surface area (Å²) < 4.78 is 11.0. The van der Waals surface area contributed by atoms with Gasteiger partial charge in [0, 0.05) is 23.2 Å². The Labute approximate surface area is 207 Å². The highest BCUT2D eigenvalue weighted by Gasteiger charge is 2.33. The van der Waals surface area contributed by atoms with Gasteiger partial charge in [-0.3, -0.25) is 14.5 Å². The highest BCUT2D eigenvalue weighted by Crippen LogP contribution is 2.38. The minimum atomic E-state index is -0.868. The lowest BCUT2D eigenvalue weighted by Crippen LogP contribution is -2.44. The maximum absolute atomic E-state index is 13.8. The molecule has 4 aromatic rings. The Morgan fingerprint density at radius 2 is 1.63 bits per heavy atom. The summed E-state index contributed by atoms with van der Waals surface area (Å²) in [5, 5.41) is 4.97. The van der Waals surface area contributed by atoms with Crippen LogP contribution >= 0.6 is 11.3 Å². The van der Waals surface area contributed by atoms with Crippen molar-refractivity contribution in [1.29, 1.82) is 0 Å². The molecule has 2 heterocycles. The number of ether oxygens (including phenoxy) is 2. The van der Waals surface area contributed by atoms with E-state index in [1.54, 1.807) is 23.1 Å². The number of nitrogens with zero attached hydrogens (tertiary/aromatic N) is 1. The molecule has 6 nitrogen and oxygen atoms in total. The Morgan fingerprint density at radius 1 is 0.886 bits per heavy atom. The van der Waals surface area contributed by atoms with E-state index in [-0.39, 0.29) is 25.0 Å². The summed E-state index contributed by atoms with van der Waals surface area (Å²) in [4.78, 5) is 30.0.